The van der Waals surface area contributed by atoms with Gasteiger partial charge in [-0.05, 0) is 51.5 Å². The minimum atomic E-state index is -0.156. The molecule has 0 saturated carbocycles. The fourth-order valence-corrected chi connectivity index (χ4v) is 3.59. The SMILES string of the molecule is CC=C(CC)Oc1c(OC(C)C)c(=O)n(CCCCCCCC)c2cc(N)ccc12. The van der Waals surface area contributed by atoms with Crippen LogP contribution in [0.3, 0.4) is 0 Å². The number of nitrogen functional groups attached to an aromatic ring is 1. The van der Waals surface area contributed by atoms with E-state index in [-0.39, 0.29) is 17.4 Å². The molecule has 0 aliphatic heterocycles. The Morgan fingerprint density at radius 2 is 1.80 bits per heavy atom. The van der Waals surface area contributed by atoms with E-state index in [4.69, 9.17) is 15.2 Å². The van der Waals surface area contributed by atoms with Gasteiger partial charge in [-0.1, -0.05) is 46.0 Å². The van der Waals surface area contributed by atoms with Crippen molar-refractivity contribution in [3.8, 4) is 11.5 Å². The van der Waals surface area contributed by atoms with Gasteiger partial charge in [0.15, 0.2) is 5.75 Å². The molecule has 0 fully saturated rings. The summed E-state index contributed by atoms with van der Waals surface area (Å²) in [5, 5.41) is 0.846. The number of nitrogens with zero attached hydrogens (tertiary/aromatic N) is 1. The Kier molecular flexibility index (Phi) is 9.28. The Labute approximate surface area is 180 Å². The van der Waals surface area contributed by atoms with Crippen LogP contribution in [0.5, 0.6) is 11.5 Å². The highest BCUT2D eigenvalue weighted by Crippen LogP contribution is 2.36. The minimum absolute atomic E-state index is 0.135. The number of unbranched alkanes of at least 4 members (excludes halogenated alkanes) is 5. The van der Waals surface area contributed by atoms with Gasteiger partial charge in [-0.15, -0.1) is 0 Å². The lowest BCUT2D eigenvalue weighted by Gasteiger charge is -2.20. The van der Waals surface area contributed by atoms with E-state index in [1.165, 1.54) is 25.7 Å². The van der Waals surface area contributed by atoms with Crippen LogP contribution in [0, 0.1) is 0 Å². The first kappa shape index (κ1) is 23.8. The molecule has 0 radical (unpaired) electrons. The van der Waals surface area contributed by atoms with Gasteiger partial charge in [0, 0.05) is 24.0 Å². The second-order valence-electron chi connectivity index (χ2n) is 8.04. The second kappa shape index (κ2) is 11.7. The topological polar surface area (TPSA) is 66.5 Å². The Balaban J connectivity index is 2.53. The van der Waals surface area contributed by atoms with E-state index in [2.05, 4.69) is 6.92 Å². The number of aryl methyl sites for hydroxylation is 1. The quantitative estimate of drug-likeness (QED) is 0.247. The van der Waals surface area contributed by atoms with Gasteiger partial charge >= 0.3 is 0 Å². The highest BCUT2D eigenvalue weighted by Gasteiger charge is 2.21. The number of rotatable bonds is 12. The second-order valence-corrected chi connectivity index (χ2v) is 8.04. The molecule has 0 aliphatic rings. The summed E-state index contributed by atoms with van der Waals surface area (Å²) in [6, 6.07) is 5.63. The first-order valence-electron chi connectivity index (χ1n) is 11.4. The number of anilines is 1. The summed E-state index contributed by atoms with van der Waals surface area (Å²) in [6.45, 7) is 10.7. The van der Waals surface area contributed by atoms with Crippen LogP contribution in [0.4, 0.5) is 5.69 Å². The van der Waals surface area contributed by atoms with Crippen LogP contribution >= 0.6 is 0 Å². The molecule has 30 heavy (non-hydrogen) atoms. The van der Waals surface area contributed by atoms with E-state index in [0.29, 0.717) is 18.0 Å². The van der Waals surface area contributed by atoms with Crippen LogP contribution in [-0.2, 0) is 6.54 Å². The third-order valence-corrected chi connectivity index (χ3v) is 5.20. The molecular weight excluding hydrogens is 376 g/mol. The molecule has 2 aromatic rings. The predicted octanol–water partition coefficient (Wildman–Crippen LogP) is 6.42. The number of benzene rings is 1. The third-order valence-electron chi connectivity index (χ3n) is 5.20. The molecule has 0 unspecified atom stereocenters. The van der Waals surface area contributed by atoms with Crippen molar-refractivity contribution < 1.29 is 9.47 Å². The van der Waals surface area contributed by atoms with E-state index in [1.807, 2.05) is 52.0 Å². The van der Waals surface area contributed by atoms with Gasteiger partial charge in [-0.25, -0.2) is 0 Å². The number of aromatic nitrogens is 1. The van der Waals surface area contributed by atoms with Crippen molar-refractivity contribution >= 4 is 16.6 Å². The number of hydrogen-bond donors (Lipinski definition) is 1. The van der Waals surface area contributed by atoms with Crippen molar-refractivity contribution in [3.63, 3.8) is 0 Å². The maximum absolute atomic E-state index is 13.5. The summed E-state index contributed by atoms with van der Waals surface area (Å²) >= 11 is 0. The Hall–Kier alpha value is -2.43. The van der Waals surface area contributed by atoms with E-state index in [1.54, 1.807) is 4.57 Å². The summed E-state index contributed by atoms with van der Waals surface area (Å²) in [7, 11) is 0. The maximum atomic E-state index is 13.5. The fourth-order valence-electron chi connectivity index (χ4n) is 3.59. The highest BCUT2D eigenvalue weighted by molar-refractivity contribution is 5.90. The molecule has 0 saturated heterocycles. The van der Waals surface area contributed by atoms with Crippen molar-refractivity contribution in [3.05, 3.63) is 40.4 Å². The van der Waals surface area contributed by atoms with E-state index in [0.717, 1.165) is 35.9 Å². The summed E-state index contributed by atoms with van der Waals surface area (Å²) in [5.41, 5.74) is 7.35. The molecule has 1 aromatic heterocycles. The lowest BCUT2D eigenvalue weighted by molar-refractivity contribution is 0.226. The molecule has 0 spiro atoms. The first-order valence-corrected chi connectivity index (χ1v) is 11.4. The first-order chi connectivity index (χ1) is 14.4. The lowest BCUT2D eigenvalue weighted by Crippen LogP contribution is -2.25. The molecule has 5 nitrogen and oxygen atoms in total. The summed E-state index contributed by atoms with van der Waals surface area (Å²) in [5.74, 6) is 1.56. The number of allylic oxidation sites excluding steroid dienone is 2. The zero-order valence-electron chi connectivity index (χ0n) is 19.3. The average Bonchev–Trinajstić information content (AvgIpc) is 2.72. The molecular formula is C25H38N2O3. The molecule has 0 bridgehead atoms. The summed E-state index contributed by atoms with van der Waals surface area (Å²) in [4.78, 5) is 13.5. The molecule has 2 N–H and O–H groups in total. The largest absolute Gasteiger partial charge is 0.482 e. The van der Waals surface area contributed by atoms with Crippen LogP contribution in [0.1, 0.15) is 79.6 Å². The van der Waals surface area contributed by atoms with Crippen LogP contribution in [0.15, 0.2) is 34.8 Å². The molecule has 0 aliphatic carbocycles. The molecule has 1 aromatic carbocycles. The van der Waals surface area contributed by atoms with Crippen molar-refractivity contribution in [1.82, 2.24) is 4.57 Å². The zero-order chi connectivity index (χ0) is 22.1. The van der Waals surface area contributed by atoms with E-state index in [9.17, 15) is 4.79 Å². The Morgan fingerprint density at radius 3 is 2.43 bits per heavy atom. The smallest absolute Gasteiger partial charge is 0.297 e. The number of hydrogen-bond acceptors (Lipinski definition) is 4. The lowest BCUT2D eigenvalue weighted by atomic mass is 10.1. The van der Waals surface area contributed by atoms with Crippen LogP contribution < -0.4 is 20.8 Å². The van der Waals surface area contributed by atoms with Crippen molar-refractivity contribution in [2.24, 2.45) is 0 Å². The average molecular weight is 415 g/mol. The van der Waals surface area contributed by atoms with Gasteiger partial charge in [0.2, 0.25) is 5.75 Å². The number of fused-ring (bicyclic) bond motifs is 1. The van der Waals surface area contributed by atoms with Gasteiger partial charge in [0.1, 0.15) is 0 Å². The molecule has 166 valence electrons. The zero-order valence-corrected chi connectivity index (χ0v) is 19.3. The van der Waals surface area contributed by atoms with Crippen molar-refractivity contribution in [2.45, 2.75) is 92.2 Å². The van der Waals surface area contributed by atoms with Gasteiger partial charge in [-0.2, -0.15) is 0 Å². The van der Waals surface area contributed by atoms with Gasteiger partial charge in [-0.3, -0.25) is 4.79 Å². The number of nitrogens with two attached hydrogens (primary N) is 1. The molecule has 0 atom stereocenters. The van der Waals surface area contributed by atoms with E-state index < -0.39 is 0 Å². The summed E-state index contributed by atoms with van der Waals surface area (Å²) < 4.78 is 14.0. The fraction of sp³-hybridized carbons (Fsp3) is 0.560. The molecule has 1 heterocycles. The third kappa shape index (κ3) is 6.04. The van der Waals surface area contributed by atoms with Gasteiger partial charge in [0.05, 0.1) is 17.4 Å². The van der Waals surface area contributed by atoms with Crippen molar-refractivity contribution in [2.75, 3.05) is 5.73 Å². The minimum Gasteiger partial charge on any atom is -0.482 e. The summed E-state index contributed by atoms with van der Waals surface area (Å²) in [6.07, 6.45) is 9.51. The van der Waals surface area contributed by atoms with Crippen LogP contribution in [0.2, 0.25) is 0 Å². The standard InChI is InChI=1S/C25H38N2O3/c1-6-9-10-11-12-13-16-27-22-17-19(26)14-15-21(22)23(30-20(7-2)8-3)24(25(27)28)29-18(4)5/h7,14-15,17-18H,6,8-13,16,26H2,1-5H3. The Bertz CT molecular complexity index is 913. The van der Waals surface area contributed by atoms with Crippen LogP contribution in [0.25, 0.3) is 10.9 Å². The Morgan fingerprint density at radius 1 is 1.10 bits per heavy atom. The monoisotopic (exact) mass is 414 g/mol. The predicted molar refractivity (Wildman–Crippen MR) is 126 cm³/mol. The number of pyridine rings is 1. The maximum Gasteiger partial charge on any atom is 0.297 e. The van der Waals surface area contributed by atoms with E-state index >= 15 is 0 Å². The normalized spacial score (nSPS) is 12.0. The van der Waals surface area contributed by atoms with Gasteiger partial charge in [0.25, 0.3) is 5.56 Å². The number of ether oxygens (including phenoxy) is 2. The van der Waals surface area contributed by atoms with Crippen molar-refractivity contribution in [1.29, 1.82) is 0 Å². The molecule has 0 amide bonds. The van der Waals surface area contributed by atoms with Gasteiger partial charge < -0.3 is 19.8 Å². The van der Waals surface area contributed by atoms with Crippen LogP contribution in [-0.4, -0.2) is 10.7 Å². The molecule has 5 heteroatoms. The molecule has 2 rings (SSSR count). The highest BCUT2D eigenvalue weighted by atomic mass is 16.5.